The molecule has 2 heterocycles. The number of fused-ring (bicyclic) bond motifs is 1. The van der Waals surface area contributed by atoms with Gasteiger partial charge in [0.05, 0.1) is 26.2 Å². The number of amides is 1. The lowest BCUT2D eigenvalue weighted by Crippen LogP contribution is -2.27. The highest BCUT2D eigenvalue weighted by Gasteiger charge is 2.35. The third-order valence-corrected chi connectivity index (χ3v) is 9.33. The number of nitrogens with zero attached hydrogens (tertiary/aromatic N) is 6. The summed E-state index contributed by atoms with van der Waals surface area (Å²) in [5, 5.41) is 12.2. The molecule has 252 valence electrons. The first-order valence-electron chi connectivity index (χ1n) is 14.6. The van der Waals surface area contributed by atoms with Crippen LogP contribution in [0.15, 0.2) is 80.5 Å². The first-order chi connectivity index (χ1) is 22.4. The van der Waals surface area contributed by atoms with Crippen molar-refractivity contribution in [2.45, 2.75) is 44.4 Å². The van der Waals surface area contributed by atoms with Crippen molar-refractivity contribution >= 4 is 66.2 Å². The molecule has 1 amide bonds. The fraction of sp³-hybridized carbons (Fsp3) is 0.258. The second-order valence-corrected chi connectivity index (χ2v) is 15.0. The molecule has 0 saturated carbocycles. The van der Waals surface area contributed by atoms with Crippen molar-refractivity contribution in [2.24, 2.45) is 15.5 Å². The topological polar surface area (TPSA) is 197 Å². The van der Waals surface area contributed by atoms with Crippen molar-refractivity contribution in [1.29, 1.82) is 0 Å². The Hall–Kier alpha value is -4.48. The van der Waals surface area contributed by atoms with Crippen LogP contribution in [-0.2, 0) is 20.2 Å². The number of benzene rings is 3. The molecular weight excluding hydrogens is 682 g/mol. The van der Waals surface area contributed by atoms with Crippen LogP contribution in [0.1, 0.15) is 50.8 Å². The predicted molar refractivity (Wildman–Crippen MR) is 183 cm³/mol. The van der Waals surface area contributed by atoms with Crippen molar-refractivity contribution in [3.63, 3.8) is 0 Å². The average molecular weight is 714 g/mol. The zero-order chi connectivity index (χ0) is 35.2. The third kappa shape index (κ3) is 7.32. The van der Waals surface area contributed by atoms with Gasteiger partial charge in [0.1, 0.15) is 5.71 Å². The Bertz CT molecular complexity index is 2150. The van der Waals surface area contributed by atoms with Crippen LogP contribution in [0.25, 0.3) is 11.4 Å². The molecule has 1 aliphatic heterocycles. The molecule has 3 aromatic carbocycles. The van der Waals surface area contributed by atoms with Crippen LogP contribution in [0.4, 0.5) is 17.1 Å². The summed E-state index contributed by atoms with van der Waals surface area (Å²) in [5.41, 5.74) is 2.77. The van der Waals surface area contributed by atoms with Crippen molar-refractivity contribution < 1.29 is 30.7 Å². The van der Waals surface area contributed by atoms with E-state index in [0.29, 0.717) is 45.4 Å². The Labute approximate surface area is 282 Å². The Morgan fingerprint density at radius 3 is 2.06 bits per heavy atom. The van der Waals surface area contributed by atoms with Crippen molar-refractivity contribution in [3.8, 4) is 11.4 Å². The summed E-state index contributed by atoms with van der Waals surface area (Å²) >= 11 is 6.68. The van der Waals surface area contributed by atoms with Crippen LogP contribution in [-0.4, -0.2) is 71.2 Å². The average Bonchev–Trinajstić information content (AvgIpc) is 3.57. The molecule has 1 aliphatic rings. The van der Waals surface area contributed by atoms with Gasteiger partial charge in [-0.15, -0.1) is 9.89 Å². The highest BCUT2D eigenvalue weighted by atomic mass is 35.5. The molecule has 0 unspecified atom stereocenters. The van der Waals surface area contributed by atoms with E-state index in [9.17, 15) is 30.7 Å². The molecule has 0 bridgehead atoms. The molecule has 0 saturated heterocycles. The molecule has 5 rings (SSSR count). The SMILES string of the molecule is CCN(CC)c1ccc(/N=C2/C(C(C)(C)C)=Nn3nc(-c4ccc(NC(=O)c5cc(S(=O)(=O)O)cc(S(=O)(=O)O)c5)cc4)nc32)c(Cl)c1. The van der Waals surface area contributed by atoms with Crippen molar-refractivity contribution in [1.82, 2.24) is 14.9 Å². The third-order valence-electron chi connectivity index (χ3n) is 7.36. The predicted octanol–water partition coefficient (Wildman–Crippen LogP) is 5.58. The van der Waals surface area contributed by atoms with E-state index < -0.39 is 46.9 Å². The molecule has 4 aromatic rings. The number of carbonyl (C=O) groups is 1. The zero-order valence-electron chi connectivity index (χ0n) is 26.5. The first-order valence-corrected chi connectivity index (χ1v) is 17.9. The quantitative estimate of drug-likeness (QED) is 0.184. The minimum atomic E-state index is -4.89. The van der Waals surface area contributed by atoms with E-state index in [0.717, 1.165) is 30.9 Å². The van der Waals surface area contributed by atoms with E-state index in [1.165, 1.54) is 16.9 Å². The van der Waals surface area contributed by atoms with Crippen LogP contribution in [0.2, 0.25) is 5.02 Å². The second kappa shape index (κ2) is 12.9. The Morgan fingerprint density at radius 2 is 1.54 bits per heavy atom. The number of aromatic nitrogens is 3. The van der Waals surface area contributed by atoms with E-state index >= 15 is 0 Å². The second-order valence-electron chi connectivity index (χ2n) is 11.8. The minimum absolute atomic E-state index is 0.263. The van der Waals surface area contributed by atoms with Crippen LogP contribution < -0.4 is 10.2 Å². The number of nitrogens with one attached hydrogen (secondary N) is 1. The van der Waals surface area contributed by atoms with Gasteiger partial charge in [-0.3, -0.25) is 13.9 Å². The summed E-state index contributed by atoms with van der Waals surface area (Å²) < 4.78 is 65.3. The maximum absolute atomic E-state index is 12.9. The Balaban J connectivity index is 1.43. The molecule has 0 radical (unpaired) electrons. The monoisotopic (exact) mass is 713 g/mol. The zero-order valence-corrected chi connectivity index (χ0v) is 28.9. The molecule has 3 N–H and O–H groups in total. The lowest BCUT2D eigenvalue weighted by Gasteiger charge is -2.21. The van der Waals surface area contributed by atoms with Gasteiger partial charge in [0.15, 0.2) is 5.82 Å². The number of hydrogen-bond donors (Lipinski definition) is 3. The maximum atomic E-state index is 12.9. The molecule has 48 heavy (non-hydrogen) atoms. The summed E-state index contributed by atoms with van der Waals surface area (Å²) in [6.45, 7) is 11.8. The molecule has 14 nitrogen and oxygen atoms in total. The van der Waals surface area contributed by atoms with E-state index in [-0.39, 0.29) is 5.69 Å². The fourth-order valence-corrected chi connectivity index (χ4v) is 6.29. The van der Waals surface area contributed by atoms with Gasteiger partial charge in [-0.1, -0.05) is 32.4 Å². The highest BCUT2D eigenvalue weighted by Crippen LogP contribution is 2.33. The van der Waals surface area contributed by atoms with E-state index in [1.807, 2.05) is 39.0 Å². The molecule has 0 fully saturated rings. The number of aliphatic imine (C=N–C) groups is 1. The summed E-state index contributed by atoms with van der Waals surface area (Å²) in [7, 11) is -9.78. The van der Waals surface area contributed by atoms with Gasteiger partial charge in [0.25, 0.3) is 26.1 Å². The van der Waals surface area contributed by atoms with E-state index in [4.69, 9.17) is 21.6 Å². The molecule has 1 aromatic heterocycles. The van der Waals surface area contributed by atoms with Crippen molar-refractivity contribution in [3.05, 3.63) is 77.1 Å². The van der Waals surface area contributed by atoms with Gasteiger partial charge in [-0.2, -0.15) is 21.9 Å². The Morgan fingerprint density at radius 1 is 0.938 bits per heavy atom. The van der Waals surface area contributed by atoms with Gasteiger partial charge in [0, 0.05) is 41.0 Å². The van der Waals surface area contributed by atoms with Crippen LogP contribution in [0.5, 0.6) is 0 Å². The van der Waals surface area contributed by atoms with Gasteiger partial charge in [-0.25, -0.2) is 9.98 Å². The van der Waals surface area contributed by atoms with E-state index in [2.05, 4.69) is 34.3 Å². The molecule has 0 spiro atoms. The van der Waals surface area contributed by atoms with Crippen LogP contribution >= 0.6 is 11.6 Å². The van der Waals surface area contributed by atoms with E-state index in [1.54, 1.807) is 12.1 Å². The summed E-state index contributed by atoms with van der Waals surface area (Å²) in [5.74, 6) is -0.149. The maximum Gasteiger partial charge on any atom is 0.294 e. The number of carbonyl (C=O) groups excluding carboxylic acids is 1. The lowest BCUT2D eigenvalue weighted by atomic mass is 9.87. The standard InChI is InChI=1S/C31H32ClN7O7S2/c1-6-38(7-2)21-12-13-25(24(32)16-21)34-26-27(31(3,4)5)36-39-29(26)35-28(37-39)18-8-10-20(11-9-18)33-30(40)19-14-22(47(41,42)43)17-23(15-19)48(44,45)46/h8-17H,6-7H2,1-5H3,(H,33,40)(H,41,42,43)(H,44,45,46)/b34-26-. The summed E-state index contributed by atoms with van der Waals surface area (Å²) in [6, 6.07) is 14.1. The number of rotatable bonds is 9. The van der Waals surface area contributed by atoms with Gasteiger partial charge in [-0.05, 0) is 74.5 Å². The lowest BCUT2D eigenvalue weighted by molar-refractivity contribution is 0.102. The van der Waals surface area contributed by atoms with Gasteiger partial charge >= 0.3 is 0 Å². The molecule has 0 aliphatic carbocycles. The largest absolute Gasteiger partial charge is 0.372 e. The first kappa shape index (κ1) is 34.8. The van der Waals surface area contributed by atoms with Gasteiger partial charge in [0.2, 0.25) is 5.82 Å². The van der Waals surface area contributed by atoms with Crippen LogP contribution in [0.3, 0.4) is 0 Å². The number of hydrogen-bond acceptors (Lipinski definition) is 10. The fourth-order valence-electron chi connectivity index (χ4n) is 4.90. The number of halogens is 1. The summed E-state index contributed by atoms with van der Waals surface area (Å²) in [4.78, 5) is 24.3. The highest BCUT2D eigenvalue weighted by molar-refractivity contribution is 7.86. The number of anilines is 2. The molecule has 17 heteroatoms. The molecular formula is C31H32ClN7O7S2. The summed E-state index contributed by atoms with van der Waals surface area (Å²) in [6.07, 6.45) is 0. The van der Waals surface area contributed by atoms with Crippen molar-refractivity contribution in [2.75, 3.05) is 23.3 Å². The Kier molecular flexibility index (Phi) is 9.33. The minimum Gasteiger partial charge on any atom is -0.372 e. The normalized spacial score (nSPS) is 14.2. The van der Waals surface area contributed by atoms with Gasteiger partial charge < -0.3 is 10.2 Å². The smallest absolute Gasteiger partial charge is 0.294 e. The van der Waals surface area contributed by atoms with Crippen LogP contribution in [0, 0.1) is 5.41 Å². The molecule has 0 atom stereocenters.